The van der Waals surface area contributed by atoms with Crippen LogP contribution < -0.4 is 5.32 Å². The van der Waals surface area contributed by atoms with E-state index in [0.29, 0.717) is 11.7 Å². The summed E-state index contributed by atoms with van der Waals surface area (Å²) in [6, 6.07) is 11.1. The zero-order chi connectivity index (χ0) is 13.9. The molecule has 2 N–H and O–H groups in total. The van der Waals surface area contributed by atoms with Crippen LogP contribution >= 0.6 is 0 Å². The lowest BCUT2D eigenvalue weighted by molar-refractivity contribution is 0.0892. The van der Waals surface area contributed by atoms with E-state index in [1.165, 1.54) is 0 Å². The molecule has 1 amide bonds. The molecule has 5 nitrogen and oxygen atoms in total. The summed E-state index contributed by atoms with van der Waals surface area (Å²) in [5.41, 5.74) is 1.10. The molecule has 0 radical (unpaired) electrons. The monoisotopic (exact) mass is 272 g/mol. The highest BCUT2D eigenvalue weighted by Crippen LogP contribution is 2.32. The minimum Gasteiger partial charge on any atom is -0.391 e. The molecule has 5 heteroatoms. The predicted molar refractivity (Wildman–Crippen MR) is 73.0 cm³/mol. The Kier molecular flexibility index (Phi) is 3.52. The van der Waals surface area contributed by atoms with E-state index in [9.17, 15) is 9.90 Å². The number of nitrogens with zero attached hydrogens (tertiary/aromatic N) is 1. The fraction of sp³-hybridized carbons (Fsp3) is 0.333. The number of hydrogen-bond donors (Lipinski definition) is 2. The number of aliphatic hydroxyl groups is 1. The highest BCUT2D eigenvalue weighted by molar-refractivity contribution is 5.93. The van der Waals surface area contributed by atoms with E-state index in [0.717, 1.165) is 18.4 Å². The number of aromatic nitrogens is 1. The summed E-state index contributed by atoms with van der Waals surface area (Å²) in [6.07, 6.45) is 1.62. The third-order valence-corrected chi connectivity index (χ3v) is 3.44. The van der Waals surface area contributed by atoms with Crippen molar-refractivity contribution < 1.29 is 14.4 Å². The highest BCUT2D eigenvalue weighted by atomic mass is 16.5. The second-order valence-electron chi connectivity index (χ2n) is 5.06. The van der Waals surface area contributed by atoms with Gasteiger partial charge in [-0.1, -0.05) is 35.5 Å². The van der Waals surface area contributed by atoms with Crippen molar-refractivity contribution in [3.63, 3.8) is 0 Å². The third-order valence-electron chi connectivity index (χ3n) is 3.44. The van der Waals surface area contributed by atoms with Crippen molar-refractivity contribution in [1.82, 2.24) is 10.5 Å². The molecule has 1 aliphatic carbocycles. The van der Waals surface area contributed by atoms with Crippen LogP contribution in [0.1, 0.15) is 23.3 Å². The maximum Gasteiger partial charge on any atom is 0.273 e. The van der Waals surface area contributed by atoms with Crippen LogP contribution in [0.15, 0.2) is 40.9 Å². The van der Waals surface area contributed by atoms with E-state index in [1.807, 2.05) is 30.3 Å². The van der Waals surface area contributed by atoms with Crippen LogP contribution in [-0.2, 0) is 0 Å². The van der Waals surface area contributed by atoms with E-state index < -0.39 is 6.10 Å². The van der Waals surface area contributed by atoms with Crippen LogP contribution in [0.4, 0.5) is 0 Å². The van der Waals surface area contributed by atoms with Crippen LogP contribution in [-0.4, -0.2) is 28.8 Å². The van der Waals surface area contributed by atoms with Gasteiger partial charge in [-0.15, -0.1) is 0 Å². The van der Waals surface area contributed by atoms with E-state index in [4.69, 9.17) is 4.52 Å². The molecule has 104 valence electrons. The number of carbonyl (C=O) groups excluding carboxylic acids is 1. The van der Waals surface area contributed by atoms with Crippen molar-refractivity contribution in [1.29, 1.82) is 0 Å². The lowest BCUT2D eigenvalue weighted by atomic mass is 10.1. The van der Waals surface area contributed by atoms with Crippen molar-refractivity contribution >= 4 is 5.91 Å². The van der Waals surface area contributed by atoms with E-state index in [2.05, 4.69) is 10.5 Å². The Hall–Kier alpha value is -2.14. The molecule has 2 aromatic rings. The number of carbonyl (C=O) groups is 1. The van der Waals surface area contributed by atoms with Gasteiger partial charge in [-0.2, -0.15) is 0 Å². The Morgan fingerprint density at radius 3 is 2.85 bits per heavy atom. The molecule has 1 saturated carbocycles. The molecule has 0 aliphatic heterocycles. The fourth-order valence-electron chi connectivity index (χ4n) is 2.06. The van der Waals surface area contributed by atoms with Gasteiger partial charge in [0.2, 0.25) is 0 Å². The van der Waals surface area contributed by atoms with Crippen molar-refractivity contribution in [2.24, 2.45) is 5.92 Å². The molecule has 1 unspecified atom stereocenters. The largest absolute Gasteiger partial charge is 0.391 e. The summed E-state index contributed by atoms with van der Waals surface area (Å²) in [7, 11) is 0. The average Bonchev–Trinajstić information content (AvgIpc) is 3.22. The lowest BCUT2D eigenvalue weighted by Gasteiger charge is -2.08. The quantitative estimate of drug-likeness (QED) is 0.871. The highest BCUT2D eigenvalue weighted by Gasteiger charge is 2.29. The van der Waals surface area contributed by atoms with Gasteiger partial charge in [0.05, 0.1) is 6.10 Å². The van der Waals surface area contributed by atoms with Crippen LogP contribution in [0.25, 0.3) is 11.3 Å². The summed E-state index contributed by atoms with van der Waals surface area (Å²) < 4.78 is 5.17. The van der Waals surface area contributed by atoms with E-state index >= 15 is 0 Å². The first-order valence-corrected chi connectivity index (χ1v) is 6.72. The second kappa shape index (κ2) is 5.46. The standard InChI is InChI=1S/C15H16N2O3/c18-13(10-6-7-10)9-16-15(19)12-8-14(20-17-12)11-4-2-1-3-5-11/h1-5,8,10,13,18H,6-7,9H2,(H,16,19). The SMILES string of the molecule is O=C(NCC(O)C1CC1)c1cc(-c2ccccc2)on1. The van der Waals surface area contributed by atoms with Crippen molar-refractivity contribution in [3.8, 4) is 11.3 Å². The Morgan fingerprint density at radius 2 is 2.15 bits per heavy atom. The van der Waals surface area contributed by atoms with Crippen LogP contribution in [0, 0.1) is 5.92 Å². The predicted octanol–water partition coefficient (Wildman–Crippen LogP) is 1.84. The Morgan fingerprint density at radius 1 is 1.40 bits per heavy atom. The van der Waals surface area contributed by atoms with Gasteiger partial charge in [0, 0.05) is 18.2 Å². The van der Waals surface area contributed by atoms with Crippen LogP contribution in [0.3, 0.4) is 0 Å². The molecule has 20 heavy (non-hydrogen) atoms. The molecular weight excluding hydrogens is 256 g/mol. The average molecular weight is 272 g/mol. The third kappa shape index (κ3) is 2.88. The molecule has 0 saturated heterocycles. The van der Waals surface area contributed by atoms with Crippen LogP contribution in [0.5, 0.6) is 0 Å². The molecule has 1 fully saturated rings. The maximum absolute atomic E-state index is 11.9. The van der Waals surface area contributed by atoms with Gasteiger partial charge in [-0.05, 0) is 18.8 Å². The first kappa shape index (κ1) is 12.9. The first-order chi connectivity index (χ1) is 9.74. The minimum absolute atomic E-state index is 0.229. The fourth-order valence-corrected chi connectivity index (χ4v) is 2.06. The number of rotatable bonds is 5. The summed E-state index contributed by atoms with van der Waals surface area (Å²) in [5, 5.41) is 16.1. The molecule has 1 heterocycles. The lowest BCUT2D eigenvalue weighted by Crippen LogP contribution is -2.33. The summed E-state index contributed by atoms with van der Waals surface area (Å²) in [5.74, 6) is 0.571. The molecule has 1 aliphatic rings. The van der Waals surface area contributed by atoms with Crippen molar-refractivity contribution in [2.75, 3.05) is 6.54 Å². The number of amides is 1. The Balaban J connectivity index is 1.62. The molecule has 0 spiro atoms. The smallest absolute Gasteiger partial charge is 0.273 e. The molecule has 1 aromatic carbocycles. The van der Waals surface area contributed by atoms with Crippen molar-refractivity contribution in [2.45, 2.75) is 18.9 Å². The normalized spacial score (nSPS) is 15.8. The van der Waals surface area contributed by atoms with Gasteiger partial charge in [0.25, 0.3) is 5.91 Å². The maximum atomic E-state index is 11.9. The van der Waals surface area contributed by atoms with Gasteiger partial charge in [-0.3, -0.25) is 4.79 Å². The number of benzene rings is 1. The Labute approximate surface area is 116 Å². The molecule has 0 bridgehead atoms. The van der Waals surface area contributed by atoms with Gasteiger partial charge < -0.3 is 14.9 Å². The molecule has 1 aromatic heterocycles. The zero-order valence-electron chi connectivity index (χ0n) is 11.0. The minimum atomic E-state index is -0.459. The zero-order valence-corrected chi connectivity index (χ0v) is 11.0. The first-order valence-electron chi connectivity index (χ1n) is 6.72. The Bertz CT molecular complexity index is 590. The van der Waals surface area contributed by atoms with Gasteiger partial charge in [0.1, 0.15) is 0 Å². The number of hydrogen-bond acceptors (Lipinski definition) is 4. The second-order valence-corrected chi connectivity index (χ2v) is 5.06. The summed E-state index contributed by atoms with van der Waals surface area (Å²) in [4.78, 5) is 11.9. The summed E-state index contributed by atoms with van der Waals surface area (Å²) in [6.45, 7) is 0.261. The topological polar surface area (TPSA) is 75.4 Å². The van der Waals surface area contributed by atoms with Gasteiger partial charge >= 0.3 is 0 Å². The molecule has 1 atom stereocenters. The van der Waals surface area contributed by atoms with Crippen LogP contribution in [0.2, 0.25) is 0 Å². The number of nitrogens with one attached hydrogen (secondary N) is 1. The van der Waals surface area contributed by atoms with Gasteiger partial charge in [-0.25, -0.2) is 0 Å². The molecule has 3 rings (SSSR count). The molecular formula is C15H16N2O3. The summed E-state index contributed by atoms with van der Waals surface area (Å²) >= 11 is 0. The van der Waals surface area contributed by atoms with Gasteiger partial charge in [0.15, 0.2) is 11.5 Å². The van der Waals surface area contributed by atoms with E-state index in [1.54, 1.807) is 6.07 Å². The van der Waals surface area contributed by atoms with Crippen molar-refractivity contribution in [3.05, 3.63) is 42.1 Å². The van der Waals surface area contributed by atoms with E-state index in [-0.39, 0.29) is 18.1 Å². The number of aliphatic hydroxyl groups excluding tert-OH is 1.